The second-order valence-corrected chi connectivity index (χ2v) is 4.48. The number of hydrogen-bond acceptors (Lipinski definition) is 3. The summed E-state index contributed by atoms with van der Waals surface area (Å²) in [5.41, 5.74) is 8.63. The van der Waals surface area contributed by atoms with Crippen LogP contribution in [0.25, 0.3) is 0 Å². The van der Waals surface area contributed by atoms with Crippen molar-refractivity contribution in [3.05, 3.63) is 11.3 Å². The third-order valence-electron chi connectivity index (χ3n) is 3.49. The van der Waals surface area contributed by atoms with E-state index in [2.05, 4.69) is 9.78 Å². The molecule has 1 saturated heterocycles. The molecule has 1 atom stereocenters. The van der Waals surface area contributed by atoms with Gasteiger partial charge in [-0.25, -0.2) is 0 Å². The Morgan fingerprint density at radius 1 is 1.33 bits per heavy atom. The van der Waals surface area contributed by atoms with Crippen LogP contribution >= 0.6 is 0 Å². The minimum Gasteiger partial charge on any atom is -0.382 e. The Bertz CT molecular complexity index is 366. The predicted molar refractivity (Wildman–Crippen MR) is 57.8 cm³/mol. The molecule has 15 heavy (non-hydrogen) atoms. The molecule has 4 nitrogen and oxygen atoms in total. The van der Waals surface area contributed by atoms with Gasteiger partial charge < -0.3 is 10.5 Å². The standard InChI is InChI=1S/C11H17N3O/c12-11-9-3-1-2-4-10(9)14(13-11)8-5-6-15-7-8/h8H,1-7H2,(H2,12,13). The smallest absolute Gasteiger partial charge is 0.148 e. The van der Waals surface area contributed by atoms with Gasteiger partial charge in [-0.2, -0.15) is 5.10 Å². The summed E-state index contributed by atoms with van der Waals surface area (Å²) in [6, 6.07) is 0.425. The first-order valence-electron chi connectivity index (χ1n) is 5.80. The van der Waals surface area contributed by atoms with Crippen LogP contribution in [-0.2, 0) is 17.6 Å². The summed E-state index contributed by atoms with van der Waals surface area (Å²) in [6.45, 7) is 1.66. The first-order valence-corrected chi connectivity index (χ1v) is 5.80. The molecule has 2 N–H and O–H groups in total. The van der Waals surface area contributed by atoms with Gasteiger partial charge in [0.1, 0.15) is 5.82 Å². The molecule has 1 unspecified atom stereocenters. The monoisotopic (exact) mass is 207 g/mol. The number of nitrogens with two attached hydrogens (primary N) is 1. The summed E-state index contributed by atoms with van der Waals surface area (Å²) in [7, 11) is 0. The molecule has 1 aromatic rings. The summed E-state index contributed by atoms with van der Waals surface area (Å²) in [4.78, 5) is 0. The van der Waals surface area contributed by atoms with E-state index in [1.807, 2.05) is 0 Å². The molecule has 1 aliphatic carbocycles. The maximum absolute atomic E-state index is 5.96. The summed E-state index contributed by atoms with van der Waals surface area (Å²) < 4.78 is 7.55. The zero-order valence-corrected chi connectivity index (χ0v) is 8.91. The van der Waals surface area contributed by atoms with Crippen LogP contribution in [0.1, 0.15) is 36.6 Å². The fraction of sp³-hybridized carbons (Fsp3) is 0.727. The quantitative estimate of drug-likeness (QED) is 0.755. The number of rotatable bonds is 1. The van der Waals surface area contributed by atoms with E-state index in [4.69, 9.17) is 10.5 Å². The molecule has 3 rings (SSSR count). The van der Waals surface area contributed by atoms with E-state index in [9.17, 15) is 0 Å². The number of ether oxygens (including phenoxy) is 1. The minimum atomic E-state index is 0.425. The van der Waals surface area contributed by atoms with Crippen molar-refractivity contribution in [2.45, 2.75) is 38.1 Å². The average molecular weight is 207 g/mol. The van der Waals surface area contributed by atoms with Crippen molar-refractivity contribution in [2.24, 2.45) is 0 Å². The molecule has 0 radical (unpaired) electrons. The molecule has 0 spiro atoms. The van der Waals surface area contributed by atoms with Crippen LogP contribution in [0.15, 0.2) is 0 Å². The van der Waals surface area contributed by atoms with Gasteiger partial charge in [0.05, 0.1) is 12.6 Å². The number of anilines is 1. The van der Waals surface area contributed by atoms with E-state index >= 15 is 0 Å². The lowest BCUT2D eigenvalue weighted by atomic mass is 9.97. The summed E-state index contributed by atoms with van der Waals surface area (Å²) >= 11 is 0. The largest absolute Gasteiger partial charge is 0.382 e. The van der Waals surface area contributed by atoms with Gasteiger partial charge in [-0.15, -0.1) is 0 Å². The SMILES string of the molecule is Nc1nn(C2CCOC2)c2c1CCCC2. The first-order chi connectivity index (χ1) is 7.36. The Morgan fingerprint density at radius 2 is 2.20 bits per heavy atom. The van der Waals surface area contributed by atoms with Crippen LogP contribution in [0.3, 0.4) is 0 Å². The molecule has 0 amide bonds. The molecule has 2 heterocycles. The summed E-state index contributed by atoms with van der Waals surface area (Å²) in [5.74, 6) is 0.747. The summed E-state index contributed by atoms with van der Waals surface area (Å²) in [5, 5.41) is 4.49. The van der Waals surface area contributed by atoms with Crippen LogP contribution in [0, 0.1) is 0 Å². The van der Waals surface area contributed by atoms with Crippen molar-refractivity contribution in [1.29, 1.82) is 0 Å². The Morgan fingerprint density at radius 3 is 3.00 bits per heavy atom. The Kier molecular flexibility index (Phi) is 2.16. The molecular formula is C11H17N3O. The highest BCUT2D eigenvalue weighted by atomic mass is 16.5. The molecule has 1 aliphatic heterocycles. The van der Waals surface area contributed by atoms with Crippen LogP contribution in [0.4, 0.5) is 5.82 Å². The predicted octanol–water partition coefficient (Wildman–Crippen LogP) is 1.31. The van der Waals surface area contributed by atoms with Gasteiger partial charge in [-0.3, -0.25) is 4.68 Å². The fourth-order valence-electron chi connectivity index (χ4n) is 2.67. The average Bonchev–Trinajstić information content (AvgIpc) is 2.87. The highest BCUT2D eigenvalue weighted by Crippen LogP contribution is 2.30. The van der Waals surface area contributed by atoms with Crippen molar-refractivity contribution < 1.29 is 4.74 Å². The normalized spacial score (nSPS) is 25.5. The van der Waals surface area contributed by atoms with Gasteiger partial charge in [0.15, 0.2) is 0 Å². The van der Waals surface area contributed by atoms with Crippen LogP contribution in [0.5, 0.6) is 0 Å². The molecule has 4 heteroatoms. The molecule has 0 saturated carbocycles. The van der Waals surface area contributed by atoms with Gasteiger partial charge >= 0.3 is 0 Å². The number of nitrogens with zero attached hydrogens (tertiary/aromatic N) is 2. The topological polar surface area (TPSA) is 53.1 Å². The van der Waals surface area contributed by atoms with Crippen molar-refractivity contribution in [3.63, 3.8) is 0 Å². The Hall–Kier alpha value is -1.03. The molecule has 0 aromatic carbocycles. The zero-order valence-electron chi connectivity index (χ0n) is 8.91. The van der Waals surface area contributed by atoms with Gasteiger partial charge in [-0.1, -0.05) is 0 Å². The first kappa shape index (κ1) is 9.21. The second kappa shape index (κ2) is 3.52. The van der Waals surface area contributed by atoms with Gasteiger partial charge in [0.2, 0.25) is 0 Å². The second-order valence-electron chi connectivity index (χ2n) is 4.48. The lowest BCUT2D eigenvalue weighted by molar-refractivity contribution is 0.184. The number of nitrogen functional groups attached to an aromatic ring is 1. The number of fused-ring (bicyclic) bond motifs is 1. The lowest BCUT2D eigenvalue weighted by Gasteiger charge is -2.16. The van der Waals surface area contributed by atoms with E-state index in [0.29, 0.717) is 6.04 Å². The maximum Gasteiger partial charge on any atom is 0.148 e. The maximum atomic E-state index is 5.96. The molecule has 1 fully saturated rings. The van der Waals surface area contributed by atoms with Gasteiger partial charge in [-0.05, 0) is 32.1 Å². The fourth-order valence-corrected chi connectivity index (χ4v) is 2.67. The van der Waals surface area contributed by atoms with Crippen molar-refractivity contribution in [1.82, 2.24) is 9.78 Å². The number of aromatic nitrogens is 2. The summed E-state index contributed by atoms with van der Waals surface area (Å²) in [6.07, 6.45) is 5.84. The lowest BCUT2D eigenvalue weighted by Crippen LogP contribution is -2.15. The van der Waals surface area contributed by atoms with Crippen molar-refractivity contribution in [3.8, 4) is 0 Å². The van der Waals surface area contributed by atoms with Crippen LogP contribution in [-0.4, -0.2) is 23.0 Å². The molecule has 1 aromatic heterocycles. The highest BCUT2D eigenvalue weighted by molar-refractivity contribution is 5.44. The van der Waals surface area contributed by atoms with Gasteiger partial charge in [0.25, 0.3) is 0 Å². The van der Waals surface area contributed by atoms with Gasteiger partial charge in [0, 0.05) is 17.9 Å². The zero-order chi connectivity index (χ0) is 10.3. The van der Waals surface area contributed by atoms with E-state index in [1.165, 1.54) is 24.1 Å². The molecular weight excluding hydrogens is 190 g/mol. The van der Waals surface area contributed by atoms with E-state index in [1.54, 1.807) is 0 Å². The highest BCUT2D eigenvalue weighted by Gasteiger charge is 2.26. The van der Waals surface area contributed by atoms with E-state index < -0.39 is 0 Å². The molecule has 2 aliphatic rings. The minimum absolute atomic E-state index is 0.425. The van der Waals surface area contributed by atoms with Crippen molar-refractivity contribution >= 4 is 5.82 Å². The third kappa shape index (κ3) is 1.44. The molecule has 82 valence electrons. The van der Waals surface area contributed by atoms with Crippen LogP contribution in [0.2, 0.25) is 0 Å². The van der Waals surface area contributed by atoms with Crippen LogP contribution < -0.4 is 5.73 Å². The van der Waals surface area contributed by atoms with Crippen molar-refractivity contribution in [2.75, 3.05) is 18.9 Å². The van der Waals surface area contributed by atoms with E-state index in [0.717, 1.165) is 38.3 Å². The molecule has 0 bridgehead atoms. The number of hydrogen-bond donors (Lipinski definition) is 1. The third-order valence-corrected chi connectivity index (χ3v) is 3.49. The Labute approximate surface area is 89.4 Å². The Balaban J connectivity index is 1.99. The van der Waals surface area contributed by atoms with E-state index in [-0.39, 0.29) is 0 Å².